The fourth-order valence-electron chi connectivity index (χ4n) is 2.97. The third-order valence-corrected chi connectivity index (χ3v) is 17.5. The highest BCUT2D eigenvalue weighted by atomic mass is 28.5. The van der Waals surface area contributed by atoms with Gasteiger partial charge in [-0.2, -0.15) is 0 Å². The molecule has 0 heterocycles. The molecule has 0 aliphatic heterocycles. The zero-order valence-electron chi connectivity index (χ0n) is 25.6. The Morgan fingerprint density at radius 3 is 1.38 bits per heavy atom. The summed E-state index contributed by atoms with van der Waals surface area (Å²) in [6.45, 7) is 31.0. The maximum atomic E-state index is 11.2. The molecule has 0 N–H and O–H groups in total. The summed E-state index contributed by atoms with van der Waals surface area (Å²) >= 11 is 0. The van der Waals surface area contributed by atoms with Gasteiger partial charge in [-0.05, 0) is 92.0 Å². The molecule has 0 rings (SSSR count). The molecule has 0 aromatic rings. The van der Waals surface area contributed by atoms with Gasteiger partial charge < -0.3 is 26.2 Å². The van der Waals surface area contributed by atoms with Crippen LogP contribution in [0.3, 0.4) is 0 Å². The van der Waals surface area contributed by atoms with Crippen LogP contribution in [0.5, 0.6) is 0 Å². The molecule has 37 heavy (non-hydrogen) atoms. The molecule has 0 aromatic heterocycles. The van der Waals surface area contributed by atoms with Gasteiger partial charge in [-0.3, -0.25) is 0 Å². The minimum Gasteiger partial charge on any atom is -0.463 e. The number of carbonyl (C=O) groups excluding carboxylic acids is 2. The minimum atomic E-state index is -2.82. The van der Waals surface area contributed by atoms with Crippen molar-refractivity contribution in [3.8, 4) is 0 Å². The Bertz CT molecular complexity index is 669. The lowest BCUT2D eigenvalue weighted by molar-refractivity contribution is -0.138. The van der Waals surface area contributed by atoms with Crippen LogP contribution in [0.1, 0.15) is 33.1 Å². The van der Waals surface area contributed by atoms with Gasteiger partial charge in [0.25, 0.3) is 0 Å². The number of esters is 2. The van der Waals surface area contributed by atoms with Crippen molar-refractivity contribution in [1.82, 2.24) is 0 Å². The van der Waals surface area contributed by atoms with E-state index in [1.54, 1.807) is 0 Å². The first-order chi connectivity index (χ1) is 16.6. The van der Waals surface area contributed by atoms with E-state index in [2.05, 4.69) is 72.1 Å². The molecule has 0 atom stereocenters. The fraction of sp³-hybridized carbons (Fsp3) is 0.750. The maximum Gasteiger partial charge on any atom is 0.469 e. The summed E-state index contributed by atoms with van der Waals surface area (Å²) in [4.78, 5) is 21.9. The third-order valence-electron chi connectivity index (χ3n) is 4.31. The first-order valence-electron chi connectivity index (χ1n) is 12.8. The highest BCUT2D eigenvalue weighted by molar-refractivity contribution is 6.90. The van der Waals surface area contributed by atoms with Crippen LogP contribution in [0.25, 0.3) is 0 Å². The van der Waals surface area contributed by atoms with Gasteiger partial charge in [-0.1, -0.05) is 13.2 Å². The van der Waals surface area contributed by atoms with E-state index in [9.17, 15) is 9.59 Å². The van der Waals surface area contributed by atoms with E-state index in [-0.39, 0.29) is 11.6 Å². The lowest BCUT2D eigenvalue weighted by Gasteiger charge is -2.42. The fourth-order valence-corrected chi connectivity index (χ4v) is 17.8. The van der Waals surface area contributed by atoms with Crippen molar-refractivity contribution >= 4 is 56.2 Å². The average molecular weight is 611 g/mol. The first-order valence-corrected chi connectivity index (χ1v) is 25.8. The van der Waals surface area contributed by atoms with Crippen LogP contribution in [0.2, 0.25) is 65.0 Å². The molecule has 13 heteroatoms. The smallest absolute Gasteiger partial charge is 0.463 e. The molecular formula is C24H54O8Si5. The van der Waals surface area contributed by atoms with Gasteiger partial charge in [0.05, 0.1) is 13.2 Å². The van der Waals surface area contributed by atoms with Crippen molar-refractivity contribution in [3.63, 3.8) is 0 Å². The number of rotatable bonds is 17. The molecule has 0 saturated heterocycles. The van der Waals surface area contributed by atoms with Crippen molar-refractivity contribution in [2.75, 3.05) is 13.2 Å². The summed E-state index contributed by atoms with van der Waals surface area (Å²) < 4.78 is 34.9. The molecule has 0 aliphatic carbocycles. The second-order valence-corrected chi connectivity index (χ2v) is 29.6. The van der Waals surface area contributed by atoms with E-state index in [4.69, 9.17) is 26.2 Å². The van der Waals surface area contributed by atoms with E-state index in [0.29, 0.717) is 25.7 Å². The molecule has 0 spiro atoms. The Balaban J connectivity index is 0. The molecule has 0 bridgehead atoms. The third kappa shape index (κ3) is 24.1. The lowest BCUT2D eigenvalue weighted by Crippen LogP contribution is -2.60. The van der Waals surface area contributed by atoms with E-state index in [1.165, 1.54) is 12.2 Å². The van der Waals surface area contributed by atoms with Gasteiger partial charge >= 0.3 is 20.7 Å². The van der Waals surface area contributed by atoms with Gasteiger partial charge in [0.15, 0.2) is 25.0 Å². The molecule has 0 aliphatic rings. The van der Waals surface area contributed by atoms with E-state index in [0.717, 1.165) is 23.3 Å². The average Bonchev–Trinajstić information content (AvgIpc) is 2.70. The first kappa shape index (κ1) is 38.5. The quantitative estimate of drug-likeness (QED) is 0.0965. The number of ether oxygens (including phenoxy) is 2. The van der Waals surface area contributed by atoms with Crippen molar-refractivity contribution in [2.24, 2.45) is 0 Å². The van der Waals surface area contributed by atoms with Crippen LogP contribution in [-0.4, -0.2) is 75.0 Å². The van der Waals surface area contributed by atoms with Gasteiger partial charge in [0.1, 0.15) is 10.5 Å². The zero-order chi connectivity index (χ0) is 29.6. The van der Waals surface area contributed by atoms with Crippen molar-refractivity contribution in [3.05, 3.63) is 25.3 Å². The second kappa shape index (κ2) is 17.1. The van der Waals surface area contributed by atoms with Gasteiger partial charge in [0, 0.05) is 23.8 Å². The maximum absolute atomic E-state index is 11.2. The van der Waals surface area contributed by atoms with Crippen molar-refractivity contribution in [2.45, 2.75) is 104 Å². The van der Waals surface area contributed by atoms with E-state index in [1.807, 2.05) is 13.8 Å². The minimum absolute atomic E-state index is 0.0766. The van der Waals surface area contributed by atoms with Crippen LogP contribution < -0.4 is 0 Å². The van der Waals surface area contributed by atoms with Crippen LogP contribution in [0.4, 0.5) is 0 Å². The molecular weight excluding hydrogens is 557 g/mol. The Morgan fingerprint density at radius 1 is 0.730 bits per heavy atom. The SMILES string of the molecule is C=CC(=O)OCCCC(C)(C)O[SiH3].C=CC(=O)OCCC[Si](O[Si](C)(C)C)(O[Si](C)(C)C)O[Si](C)(C)C. The van der Waals surface area contributed by atoms with Crippen LogP contribution in [-0.2, 0) is 35.8 Å². The normalized spacial score (nSPS) is 12.8. The largest absolute Gasteiger partial charge is 0.469 e. The van der Waals surface area contributed by atoms with E-state index < -0.39 is 39.7 Å². The summed E-state index contributed by atoms with van der Waals surface area (Å²) in [7, 11) is -7.62. The Hall–Kier alpha value is -0.656. The van der Waals surface area contributed by atoms with E-state index >= 15 is 0 Å². The Kier molecular flexibility index (Phi) is 17.8. The summed E-state index contributed by atoms with van der Waals surface area (Å²) in [5, 5.41) is 0. The number of carbonyl (C=O) groups is 2. The topological polar surface area (TPSA) is 89.5 Å². The Labute approximate surface area is 233 Å². The van der Waals surface area contributed by atoms with Crippen LogP contribution in [0.15, 0.2) is 25.3 Å². The number of hydrogen-bond acceptors (Lipinski definition) is 8. The summed E-state index contributed by atoms with van der Waals surface area (Å²) in [6.07, 6.45) is 4.76. The highest BCUT2D eigenvalue weighted by Gasteiger charge is 2.49. The molecule has 8 nitrogen and oxygen atoms in total. The van der Waals surface area contributed by atoms with Crippen molar-refractivity contribution < 1.29 is 35.8 Å². The van der Waals surface area contributed by atoms with Gasteiger partial charge in [0.2, 0.25) is 0 Å². The van der Waals surface area contributed by atoms with Gasteiger partial charge in [-0.25, -0.2) is 9.59 Å². The zero-order valence-corrected chi connectivity index (χ0v) is 31.6. The summed E-state index contributed by atoms with van der Waals surface area (Å²) in [5.41, 5.74) is -0.0766. The second-order valence-electron chi connectivity index (χ2n) is 12.2. The predicted octanol–water partition coefficient (Wildman–Crippen LogP) is 5.17. The molecule has 0 aromatic carbocycles. The summed E-state index contributed by atoms with van der Waals surface area (Å²) in [6, 6.07) is 0.677. The molecule has 0 saturated carbocycles. The van der Waals surface area contributed by atoms with Crippen molar-refractivity contribution in [1.29, 1.82) is 0 Å². The monoisotopic (exact) mass is 610 g/mol. The van der Waals surface area contributed by atoms with Gasteiger partial charge in [-0.15, -0.1) is 0 Å². The standard InChI is InChI=1S/C15H36O5Si4.C9H18O3Si/c1-11-15(16)17-13-12-14-24(18-21(2,3)4,19-22(5,6)7)20-23(8,9)10;1-4-8(10)11-7-5-6-9(2,3)12-13/h11H,1,12-14H2,2-10H3;4H,1,5-7H2,2-3,13H3. The molecule has 0 amide bonds. The molecule has 0 unspecified atom stereocenters. The molecule has 0 radical (unpaired) electrons. The number of hydrogen-bond donors (Lipinski definition) is 0. The lowest BCUT2D eigenvalue weighted by atomic mass is 10.0. The van der Waals surface area contributed by atoms with Crippen LogP contribution in [0, 0.1) is 0 Å². The molecule has 0 fully saturated rings. The Morgan fingerprint density at radius 2 is 1.08 bits per heavy atom. The highest BCUT2D eigenvalue weighted by Crippen LogP contribution is 2.29. The summed E-state index contributed by atoms with van der Waals surface area (Å²) in [5.74, 6) is -0.754. The van der Waals surface area contributed by atoms with Crippen LogP contribution >= 0.6 is 0 Å². The predicted molar refractivity (Wildman–Crippen MR) is 165 cm³/mol. The molecule has 218 valence electrons.